The number of hydrogen-bond acceptors (Lipinski definition) is 3. The molecular formula is C12H22Cl4O2S. The fourth-order valence-electron chi connectivity index (χ4n) is 1.45. The zero-order chi connectivity index (χ0) is 15.0. The van der Waals surface area contributed by atoms with E-state index < -0.39 is 12.2 Å². The van der Waals surface area contributed by atoms with Crippen molar-refractivity contribution >= 4 is 58.2 Å². The van der Waals surface area contributed by atoms with E-state index in [-0.39, 0.29) is 21.5 Å². The highest BCUT2D eigenvalue weighted by molar-refractivity contribution is 7.99. The lowest BCUT2D eigenvalue weighted by Gasteiger charge is -2.20. The first kappa shape index (κ1) is 20.4. The molecule has 2 nitrogen and oxygen atoms in total. The van der Waals surface area contributed by atoms with Gasteiger partial charge in [0.05, 0.1) is 23.0 Å². The van der Waals surface area contributed by atoms with Gasteiger partial charge < -0.3 is 10.2 Å². The summed E-state index contributed by atoms with van der Waals surface area (Å²) in [6.45, 7) is 3.68. The first-order chi connectivity index (χ1) is 8.73. The Hall–Kier alpha value is 1.43. The van der Waals surface area contributed by atoms with Gasteiger partial charge in [-0.3, -0.25) is 0 Å². The molecule has 0 saturated carbocycles. The monoisotopic (exact) mass is 370 g/mol. The van der Waals surface area contributed by atoms with E-state index >= 15 is 0 Å². The molecule has 0 radical (unpaired) electrons. The van der Waals surface area contributed by atoms with Crippen LogP contribution in [-0.4, -0.2) is 55.4 Å². The summed E-state index contributed by atoms with van der Waals surface area (Å²) >= 11 is 25.1. The van der Waals surface area contributed by atoms with E-state index in [2.05, 4.69) is 0 Å². The summed E-state index contributed by atoms with van der Waals surface area (Å²) in [6, 6.07) is 0. The van der Waals surface area contributed by atoms with E-state index in [4.69, 9.17) is 46.4 Å². The largest absolute Gasteiger partial charge is 0.391 e. The average Bonchev–Trinajstić information content (AvgIpc) is 2.26. The minimum atomic E-state index is -0.638. The molecule has 2 N–H and O–H groups in total. The highest BCUT2D eigenvalue weighted by Crippen LogP contribution is 2.20. The zero-order valence-electron chi connectivity index (χ0n) is 11.1. The summed E-state index contributed by atoms with van der Waals surface area (Å²) in [5.74, 6) is 0.906. The second-order valence-electron chi connectivity index (χ2n) is 4.74. The maximum atomic E-state index is 9.82. The molecule has 0 aliphatic rings. The van der Waals surface area contributed by atoms with Crippen LogP contribution in [0.2, 0.25) is 0 Å². The van der Waals surface area contributed by atoms with Gasteiger partial charge >= 0.3 is 0 Å². The van der Waals surface area contributed by atoms with Crippen LogP contribution >= 0.6 is 58.2 Å². The Balaban J connectivity index is 3.83. The molecule has 0 rings (SSSR count). The van der Waals surface area contributed by atoms with Crippen LogP contribution < -0.4 is 0 Å². The molecule has 0 bridgehead atoms. The van der Waals surface area contributed by atoms with Gasteiger partial charge in [0, 0.05) is 22.3 Å². The first-order valence-electron chi connectivity index (χ1n) is 6.24. The lowest BCUT2D eigenvalue weighted by molar-refractivity contribution is 0.185. The maximum Gasteiger partial charge on any atom is 0.0794 e. The molecule has 0 aromatic heterocycles. The van der Waals surface area contributed by atoms with Crippen LogP contribution in [0.3, 0.4) is 0 Å². The van der Waals surface area contributed by atoms with E-state index in [9.17, 15) is 10.2 Å². The van der Waals surface area contributed by atoms with Crippen LogP contribution in [0.1, 0.15) is 26.7 Å². The fraction of sp³-hybridized carbons (Fsp3) is 1.00. The summed E-state index contributed by atoms with van der Waals surface area (Å²) in [5.41, 5.74) is 0. The summed E-state index contributed by atoms with van der Waals surface area (Å²) in [6.07, 6.45) is -0.175. The van der Waals surface area contributed by atoms with Crippen LogP contribution in [0.25, 0.3) is 0 Å². The summed E-state index contributed by atoms with van der Waals surface area (Å²) < 4.78 is 0. The van der Waals surface area contributed by atoms with Gasteiger partial charge in [0.2, 0.25) is 0 Å². The Bertz CT molecular complexity index is 210. The molecule has 0 fully saturated rings. The number of hydrogen-bond donors (Lipinski definition) is 2. The molecule has 0 spiro atoms. The maximum absolute atomic E-state index is 9.82. The van der Waals surface area contributed by atoms with Crippen LogP contribution in [0.5, 0.6) is 0 Å². The van der Waals surface area contributed by atoms with E-state index in [1.54, 1.807) is 0 Å². The van der Waals surface area contributed by atoms with Crippen LogP contribution in [-0.2, 0) is 0 Å². The van der Waals surface area contributed by atoms with Crippen LogP contribution in [0.15, 0.2) is 0 Å². The molecule has 0 saturated heterocycles. The Kier molecular flexibility index (Phi) is 11.9. The second-order valence-corrected chi connectivity index (χ2v) is 8.42. The number of aliphatic hydroxyl groups is 2. The van der Waals surface area contributed by atoms with Crippen molar-refractivity contribution in [2.45, 2.75) is 60.4 Å². The van der Waals surface area contributed by atoms with Crippen molar-refractivity contribution in [1.29, 1.82) is 0 Å². The number of alkyl halides is 4. The molecule has 6 atom stereocenters. The lowest BCUT2D eigenvalue weighted by atomic mass is 10.2. The Morgan fingerprint density at radius 2 is 1.11 bits per heavy atom. The minimum Gasteiger partial charge on any atom is -0.391 e. The Labute approximate surface area is 140 Å². The van der Waals surface area contributed by atoms with Crippen molar-refractivity contribution < 1.29 is 10.2 Å². The SMILES string of the molecule is CC(Cl)CC(Cl)C(O)CSCC(O)C(Cl)CC(C)Cl. The molecule has 0 aliphatic carbocycles. The number of aliphatic hydroxyl groups excluding tert-OH is 2. The number of thioether (sulfide) groups is 1. The van der Waals surface area contributed by atoms with E-state index in [1.807, 2.05) is 13.8 Å². The van der Waals surface area contributed by atoms with Crippen molar-refractivity contribution in [3.63, 3.8) is 0 Å². The van der Waals surface area contributed by atoms with Gasteiger partial charge in [0.15, 0.2) is 0 Å². The van der Waals surface area contributed by atoms with Crippen molar-refractivity contribution in [3.8, 4) is 0 Å². The molecule has 0 aromatic carbocycles. The van der Waals surface area contributed by atoms with Crippen molar-refractivity contribution in [2.75, 3.05) is 11.5 Å². The van der Waals surface area contributed by atoms with Crippen molar-refractivity contribution in [1.82, 2.24) is 0 Å². The van der Waals surface area contributed by atoms with Gasteiger partial charge in [-0.25, -0.2) is 0 Å². The van der Waals surface area contributed by atoms with Gasteiger partial charge in [0.1, 0.15) is 0 Å². The number of rotatable bonds is 10. The quantitative estimate of drug-likeness (QED) is 0.575. The average molecular weight is 372 g/mol. The van der Waals surface area contributed by atoms with Gasteiger partial charge in [-0.05, 0) is 26.7 Å². The zero-order valence-corrected chi connectivity index (χ0v) is 14.9. The summed E-state index contributed by atoms with van der Waals surface area (Å²) in [4.78, 5) is 0. The van der Waals surface area contributed by atoms with Gasteiger partial charge in [-0.2, -0.15) is 11.8 Å². The Morgan fingerprint density at radius 3 is 1.37 bits per heavy atom. The normalized spacial score (nSPS) is 21.5. The standard InChI is InChI=1S/C12H22Cl4O2S/c1-7(13)3-9(15)11(17)5-19-6-12(18)10(16)4-8(2)14/h7-12,17-18H,3-6H2,1-2H3. The highest BCUT2D eigenvalue weighted by Gasteiger charge is 2.21. The van der Waals surface area contributed by atoms with Crippen molar-refractivity contribution in [3.05, 3.63) is 0 Å². The highest BCUT2D eigenvalue weighted by atomic mass is 35.5. The molecule has 7 heteroatoms. The van der Waals surface area contributed by atoms with Crippen LogP contribution in [0, 0.1) is 0 Å². The first-order valence-corrected chi connectivity index (χ1v) is 9.14. The topological polar surface area (TPSA) is 40.5 Å². The molecule has 6 unspecified atom stereocenters. The molecule has 19 heavy (non-hydrogen) atoms. The van der Waals surface area contributed by atoms with E-state index in [1.165, 1.54) is 11.8 Å². The van der Waals surface area contributed by atoms with E-state index in [0.29, 0.717) is 24.3 Å². The fourth-order valence-corrected chi connectivity index (χ4v) is 4.03. The van der Waals surface area contributed by atoms with Gasteiger partial charge in [-0.1, -0.05) is 0 Å². The predicted octanol–water partition coefficient (Wildman–Crippen LogP) is 3.69. The second kappa shape index (κ2) is 11.1. The third kappa shape index (κ3) is 10.8. The van der Waals surface area contributed by atoms with Crippen LogP contribution in [0.4, 0.5) is 0 Å². The molecule has 0 amide bonds. The summed E-state index contributed by atoms with van der Waals surface area (Å²) in [7, 11) is 0. The van der Waals surface area contributed by atoms with Gasteiger partial charge in [-0.15, -0.1) is 46.4 Å². The lowest BCUT2D eigenvalue weighted by Crippen LogP contribution is -2.29. The molecule has 0 aromatic rings. The molecular weight excluding hydrogens is 350 g/mol. The molecule has 0 aliphatic heterocycles. The molecule has 116 valence electrons. The third-order valence-corrected chi connectivity index (χ3v) is 4.96. The predicted molar refractivity (Wildman–Crippen MR) is 88.5 cm³/mol. The van der Waals surface area contributed by atoms with Crippen molar-refractivity contribution in [2.24, 2.45) is 0 Å². The minimum absolute atomic E-state index is 0.0647. The third-order valence-electron chi connectivity index (χ3n) is 2.51. The molecule has 0 heterocycles. The van der Waals surface area contributed by atoms with Gasteiger partial charge in [0.25, 0.3) is 0 Å². The Morgan fingerprint density at radius 1 is 0.789 bits per heavy atom. The summed E-state index contributed by atoms with van der Waals surface area (Å²) in [5, 5.41) is 18.8. The number of halogens is 4. The smallest absolute Gasteiger partial charge is 0.0794 e. The van der Waals surface area contributed by atoms with E-state index in [0.717, 1.165) is 0 Å².